The Morgan fingerprint density at radius 1 is 1.12 bits per heavy atom. The Balaban J connectivity index is 1.14. The molecule has 0 amide bonds. The Bertz CT molecular complexity index is 1850. The zero-order valence-electron chi connectivity index (χ0n) is 23.6. The summed E-state index contributed by atoms with van der Waals surface area (Å²) >= 11 is 1.53. The molecule has 0 saturated carbocycles. The first kappa shape index (κ1) is 28.9. The number of ether oxygens (including phenoxy) is 1. The molecule has 1 aromatic carbocycles. The minimum Gasteiger partial charge on any atom is -0.377 e. The Morgan fingerprint density at radius 2 is 1.95 bits per heavy atom. The van der Waals surface area contributed by atoms with Gasteiger partial charge in [0.1, 0.15) is 5.54 Å². The molecule has 14 heteroatoms. The fraction of sp³-hybridized carbons (Fsp3) is 0.345. The van der Waals surface area contributed by atoms with E-state index in [-0.39, 0.29) is 25.3 Å². The van der Waals surface area contributed by atoms with E-state index < -0.39 is 15.6 Å². The van der Waals surface area contributed by atoms with Crippen molar-refractivity contribution in [1.82, 2.24) is 33.8 Å². The lowest BCUT2D eigenvalue weighted by Crippen LogP contribution is -2.64. The second-order valence-corrected chi connectivity index (χ2v) is 13.6. The molecule has 1 aliphatic rings. The highest BCUT2D eigenvalue weighted by molar-refractivity contribution is 7.89. The summed E-state index contributed by atoms with van der Waals surface area (Å²) in [6, 6.07) is 14.2. The summed E-state index contributed by atoms with van der Waals surface area (Å²) < 4.78 is 36.4. The lowest BCUT2D eigenvalue weighted by Gasteiger charge is -2.47. The molecule has 5 heterocycles. The van der Waals surface area contributed by atoms with Gasteiger partial charge in [0.05, 0.1) is 58.8 Å². The quantitative estimate of drug-likeness (QED) is 0.190. The second kappa shape index (κ2) is 12.2. The normalized spacial score (nSPS) is 14.9. The topological polar surface area (TPSA) is 144 Å². The largest absolute Gasteiger partial charge is 0.377 e. The molecule has 222 valence electrons. The molecule has 43 heavy (non-hydrogen) atoms. The first-order valence-corrected chi connectivity index (χ1v) is 16.4. The van der Waals surface area contributed by atoms with Crippen LogP contribution in [0.3, 0.4) is 0 Å². The van der Waals surface area contributed by atoms with Crippen molar-refractivity contribution in [3.8, 4) is 17.3 Å². The molecule has 0 bridgehead atoms. The zero-order chi connectivity index (χ0) is 29.9. The molecule has 6 rings (SSSR count). The van der Waals surface area contributed by atoms with Crippen LogP contribution in [0, 0.1) is 11.3 Å². The smallest absolute Gasteiger partial charge is 0.228 e. The van der Waals surface area contributed by atoms with Gasteiger partial charge < -0.3 is 10.1 Å². The summed E-state index contributed by atoms with van der Waals surface area (Å²) in [4.78, 5) is 9.51. The lowest BCUT2D eigenvalue weighted by molar-refractivity contribution is 0.0719. The van der Waals surface area contributed by atoms with E-state index in [1.54, 1.807) is 24.0 Å². The van der Waals surface area contributed by atoms with Crippen LogP contribution < -0.4 is 5.32 Å². The highest BCUT2D eigenvalue weighted by Gasteiger charge is 2.49. The van der Waals surface area contributed by atoms with Crippen LogP contribution in [-0.4, -0.2) is 67.7 Å². The number of fused-ring (bicyclic) bond motifs is 1. The van der Waals surface area contributed by atoms with E-state index in [4.69, 9.17) is 9.72 Å². The average molecular weight is 618 g/mol. The van der Waals surface area contributed by atoms with Gasteiger partial charge in [-0.15, -0.1) is 11.3 Å². The van der Waals surface area contributed by atoms with Gasteiger partial charge in [-0.05, 0) is 30.4 Å². The number of nitrogens with zero attached hydrogens (tertiary/aromatic N) is 8. The van der Waals surface area contributed by atoms with Gasteiger partial charge in [0.25, 0.3) is 0 Å². The van der Waals surface area contributed by atoms with E-state index in [1.165, 1.54) is 15.6 Å². The van der Waals surface area contributed by atoms with Crippen LogP contribution in [0.4, 0.5) is 11.6 Å². The van der Waals surface area contributed by atoms with Gasteiger partial charge in [0.15, 0.2) is 0 Å². The third-order valence-corrected chi connectivity index (χ3v) is 10.1. The van der Waals surface area contributed by atoms with Crippen LogP contribution in [0.5, 0.6) is 0 Å². The van der Waals surface area contributed by atoms with Crippen molar-refractivity contribution in [2.75, 3.05) is 30.8 Å². The van der Waals surface area contributed by atoms with Crippen molar-refractivity contribution in [2.45, 2.75) is 38.5 Å². The molecule has 1 N–H and O–H groups in total. The molecule has 0 atom stereocenters. The number of thiophene rings is 1. The number of aryl methyl sites for hydroxylation is 1. The van der Waals surface area contributed by atoms with Gasteiger partial charge in [-0.2, -0.15) is 19.8 Å². The fourth-order valence-electron chi connectivity index (χ4n) is 5.07. The van der Waals surface area contributed by atoms with Crippen LogP contribution in [0.2, 0.25) is 0 Å². The van der Waals surface area contributed by atoms with Gasteiger partial charge in [-0.25, -0.2) is 18.4 Å². The Hall–Kier alpha value is -4.16. The van der Waals surface area contributed by atoms with Crippen LogP contribution in [0.1, 0.15) is 25.3 Å². The molecule has 12 nitrogen and oxygen atoms in total. The van der Waals surface area contributed by atoms with Crippen molar-refractivity contribution >= 4 is 43.2 Å². The number of rotatable bonds is 13. The number of nitriles is 1. The summed E-state index contributed by atoms with van der Waals surface area (Å²) in [7, 11) is -3.34. The number of sulfonamides is 1. The maximum atomic E-state index is 12.3. The molecule has 0 unspecified atom stereocenters. The molecular formula is C29H31N9O3S2. The Kier molecular flexibility index (Phi) is 8.22. The lowest BCUT2D eigenvalue weighted by atomic mass is 9.89. The molecular weight excluding hydrogens is 587 g/mol. The monoisotopic (exact) mass is 617 g/mol. The van der Waals surface area contributed by atoms with Crippen molar-refractivity contribution in [3.63, 3.8) is 0 Å². The van der Waals surface area contributed by atoms with Crippen molar-refractivity contribution in [1.29, 1.82) is 5.26 Å². The second-order valence-electron chi connectivity index (χ2n) is 10.4. The molecule has 1 saturated heterocycles. The molecule has 0 aliphatic carbocycles. The first-order chi connectivity index (χ1) is 20.9. The highest BCUT2D eigenvalue weighted by atomic mass is 32.2. The van der Waals surface area contributed by atoms with Gasteiger partial charge in [-0.3, -0.25) is 9.36 Å². The third kappa shape index (κ3) is 6.16. The van der Waals surface area contributed by atoms with E-state index in [1.807, 2.05) is 58.9 Å². The number of hydrogen-bond acceptors (Lipinski definition) is 10. The summed E-state index contributed by atoms with van der Waals surface area (Å²) in [5.41, 5.74) is 3.48. The summed E-state index contributed by atoms with van der Waals surface area (Å²) in [6.45, 7) is 3.99. The van der Waals surface area contributed by atoms with Crippen LogP contribution in [0.25, 0.3) is 21.5 Å². The van der Waals surface area contributed by atoms with E-state index >= 15 is 0 Å². The molecule has 4 aromatic heterocycles. The average Bonchev–Trinajstić information content (AvgIpc) is 3.76. The molecule has 1 fully saturated rings. The number of hydrogen-bond donors (Lipinski definition) is 1. The maximum Gasteiger partial charge on any atom is 0.228 e. The van der Waals surface area contributed by atoms with E-state index in [0.29, 0.717) is 31.4 Å². The van der Waals surface area contributed by atoms with E-state index in [9.17, 15) is 13.7 Å². The van der Waals surface area contributed by atoms with Crippen molar-refractivity contribution in [2.24, 2.45) is 0 Å². The predicted octanol–water partition coefficient (Wildman–Crippen LogP) is 4.38. The van der Waals surface area contributed by atoms with Crippen LogP contribution >= 0.6 is 11.3 Å². The van der Waals surface area contributed by atoms with Gasteiger partial charge in [-0.1, -0.05) is 30.3 Å². The third-order valence-electron chi connectivity index (χ3n) is 7.43. The Morgan fingerprint density at radius 3 is 2.74 bits per heavy atom. The predicted molar refractivity (Wildman–Crippen MR) is 164 cm³/mol. The number of benzene rings is 1. The Labute approximate surface area is 253 Å². The van der Waals surface area contributed by atoms with E-state index in [2.05, 4.69) is 26.6 Å². The summed E-state index contributed by atoms with van der Waals surface area (Å²) in [5, 5.41) is 23.8. The minimum absolute atomic E-state index is 0.0230. The molecule has 1 aliphatic heterocycles. The van der Waals surface area contributed by atoms with E-state index in [0.717, 1.165) is 33.5 Å². The van der Waals surface area contributed by atoms with Crippen molar-refractivity contribution in [3.05, 3.63) is 72.1 Å². The first-order valence-electron chi connectivity index (χ1n) is 14.0. The maximum absolute atomic E-state index is 12.3. The van der Waals surface area contributed by atoms with Crippen LogP contribution in [-0.2, 0) is 33.5 Å². The zero-order valence-corrected chi connectivity index (χ0v) is 25.3. The van der Waals surface area contributed by atoms with Gasteiger partial charge in [0, 0.05) is 44.2 Å². The number of anilines is 2. The SMILES string of the molecule is CCS(=O)(=O)N1CC(CC#N)(n2cc(-c3nc(Nc4cnn(CCCOCc5ccccc5)c4)nc4ccsc34)cn2)C1. The summed E-state index contributed by atoms with van der Waals surface area (Å²) in [5.74, 6) is 0.449. The molecule has 0 spiro atoms. The summed E-state index contributed by atoms with van der Waals surface area (Å²) in [6.07, 6.45) is 8.18. The van der Waals surface area contributed by atoms with Gasteiger partial charge in [0.2, 0.25) is 16.0 Å². The minimum atomic E-state index is -3.34. The number of aromatic nitrogens is 6. The fourth-order valence-corrected chi connectivity index (χ4v) is 7.15. The standard InChI is InChI=1S/C29H31N9O3S2/c1-2-43(39,40)37-20-29(21-37,10-11-30)38-17-23(15-32-38)26-27-25(9-14-42-27)34-28(35-26)33-24-16-31-36(18-24)12-6-13-41-19-22-7-4-3-5-8-22/h3-5,7-9,14-18H,2,6,10,12-13,19-21H2,1H3,(H,33,34,35). The molecule has 5 aromatic rings. The van der Waals surface area contributed by atoms with Gasteiger partial charge >= 0.3 is 0 Å². The van der Waals surface area contributed by atoms with Crippen molar-refractivity contribution < 1.29 is 13.2 Å². The number of nitrogens with one attached hydrogen (secondary N) is 1. The highest BCUT2D eigenvalue weighted by Crippen LogP contribution is 2.37. The molecule has 0 radical (unpaired) electrons. The van der Waals surface area contributed by atoms with Crippen LogP contribution in [0.15, 0.2) is 66.6 Å².